The Kier molecular flexibility index (Phi) is 7.50. The summed E-state index contributed by atoms with van der Waals surface area (Å²) in [6.45, 7) is 0.422. The van der Waals surface area contributed by atoms with Gasteiger partial charge in [-0.2, -0.15) is 18.2 Å². The molecule has 2 aromatic rings. The molecule has 0 atom stereocenters. The summed E-state index contributed by atoms with van der Waals surface area (Å²) in [5, 5.41) is 13.2. The van der Waals surface area contributed by atoms with E-state index in [0.717, 1.165) is 18.4 Å². The largest absolute Gasteiger partial charge is 0.490 e. The zero-order chi connectivity index (χ0) is 22.3. The Labute approximate surface area is 168 Å². The van der Waals surface area contributed by atoms with Crippen LogP contribution in [-0.2, 0) is 9.59 Å². The number of aromatic nitrogens is 2. The average Bonchev–Trinajstić information content (AvgIpc) is 3.46. The predicted molar refractivity (Wildman–Crippen MR) is 99.7 cm³/mol. The summed E-state index contributed by atoms with van der Waals surface area (Å²) in [6, 6.07) is 6.10. The number of carbonyl (C=O) groups is 2. The molecule has 1 fully saturated rings. The fourth-order valence-electron chi connectivity index (χ4n) is 2.29. The number of amides is 1. The maximum absolute atomic E-state index is 13.2. The van der Waals surface area contributed by atoms with Crippen molar-refractivity contribution < 1.29 is 32.3 Å². The molecule has 1 aliphatic rings. The van der Waals surface area contributed by atoms with Crippen LogP contribution in [0.2, 0.25) is 0 Å². The van der Waals surface area contributed by atoms with Gasteiger partial charge in [0.15, 0.2) is 0 Å². The minimum absolute atomic E-state index is 0.237. The first-order valence-electron chi connectivity index (χ1n) is 8.78. The first-order valence-corrected chi connectivity index (χ1v) is 8.78. The molecule has 8 nitrogen and oxygen atoms in total. The van der Waals surface area contributed by atoms with Crippen molar-refractivity contribution in [1.29, 1.82) is 0 Å². The summed E-state index contributed by atoms with van der Waals surface area (Å²) >= 11 is 0. The number of primary amides is 1. The summed E-state index contributed by atoms with van der Waals surface area (Å²) in [5.74, 6) is -1.91. The highest BCUT2D eigenvalue weighted by Gasteiger charge is 2.38. The zero-order valence-corrected chi connectivity index (χ0v) is 15.5. The molecule has 162 valence electrons. The summed E-state index contributed by atoms with van der Waals surface area (Å²) < 4.78 is 45.0. The molecule has 12 heteroatoms. The Morgan fingerprint density at radius 3 is 2.47 bits per heavy atom. The van der Waals surface area contributed by atoms with Gasteiger partial charge in [-0.25, -0.2) is 14.2 Å². The van der Waals surface area contributed by atoms with Gasteiger partial charge in [0.2, 0.25) is 11.9 Å². The lowest BCUT2D eigenvalue weighted by molar-refractivity contribution is -0.192. The number of carbonyl (C=O) groups excluding carboxylic acids is 1. The predicted octanol–water partition coefficient (Wildman–Crippen LogP) is 3.16. The van der Waals surface area contributed by atoms with Gasteiger partial charge >= 0.3 is 12.1 Å². The SMILES string of the molecule is NC(=O)CCNc1nc(Nc2cccc(F)c2)ncc1C1CC1.O=C(O)C(F)(F)F. The van der Waals surface area contributed by atoms with Crippen LogP contribution in [0.4, 0.5) is 35.0 Å². The molecule has 1 amide bonds. The summed E-state index contributed by atoms with van der Waals surface area (Å²) in [4.78, 5) is 28.5. The lowest BCUT2D eigenvalue weighted by atomic mass is 10.2. The molecule has 0 aliphatic heterocycles. The van der Waals surface area contributed by atoms with Crippen LogP contribution >= 0.6 is 0 Å². The van der Waals surface area contributed by atoms with Crippen LogP contribution in [0.5, 0.6) is 0 Å². The molecular formula is C18H19F4N5O3. The number of anilines is 3. The van der Waals surface area contributed by atoms with Gasteiger partial charge in [-0.05, 0) is 37.0 Å². The van der Waals surface area contributed by atoms with Crippen molar-refractivity contribution in [2.24, 2.45) is 5.73 Å². The normalized spacial score (nSPS) is 13.1. The van der Waals surface area contributed by atoms with Crippen molar-refractivity contribution in [3.05, 3.63) is 41.8 Å². The molecule has 0 unspecified atom stereocenters. The van der Waals surface area contributed by atoms with Gasteiger partial charge in [-0.15, -0.1) is 0 Å². The van der Waals surface area contributed by atoms with Crippen molar-refractivity contribution >= 4 is 29.3 Å². The van der Waals surface area contributed by atoms with Crippen molar-refractivity contribution in [2.45, 2.75) is 31.4 Å². The van der Waals surface area contributed by atoms with Crippen molar-refractivity contribution in [3.63, 3.8) is 0 Å². The van der Waals surface area contributed by atoms with Crippen LogP contribution in [0.3, 0.4) is 0 Å². The average molecular weight is 429 g/mol. The molecule has 0 radical (unpaired) electrons. The third-order valence-electron chi connectivity index (χ3n) is 3.82. The van der Waals surface area contributed by atoms with Crippen LogP contribution < -0.4 is 16.4 Å². The second-order valence-electron chi connectivity index (χ2n) is 6.35. The minimum atomic E-state index is -5.08. The van der Waals surface area contributed by atoms with Gasteiger partial charge in [0, 0.05) is 30.4 Å². The first-order chi connectivity index (χ1) is 14.1. The lowest BCUT2D eigenvalue weighted by Gasteiger charge is -2.12. The first kappa shape index (κ1) is 22.8. The Hall–Kier alpha value is -3.44. The summed E-state index contributed by atoms with van der Waals surface area (Å²) in [7, 11) is 0. The summed E-state index contributed by atoms with van der Waals surface area (Å²) in [5.41, 5.74) is 6.77. The Balaban J connectivity index is 0.000000396. The van der Waals surface area contributed by atoms with E-state index < -0.39 is 12.1 Å². The molecule has 0 saturated heterocycles. The third-order valence-corrected chi connectivity index (χ3v) is 3.82. The maximum Gasteiger partial charge on any atom is 0.490 e. The lowest BCUT2D eigenvalue weighted by Crippen LogP contribution is -2.21. The standard InChI is InChI=1S/C16H18FN5O.C2HF3O2/c17-11-2-1-3-12(8-11)21-16-20-9-13(10-4-5-10)15(22-16)19-7-6-14(18)23;3-2(4,5)1(6)7/h1-3,8-10H,4-7H2,(H2,18,23)(H2,19,20,21,22);(H,6,7). The van der Waals surface area contributed by atoms with Crippen molar-refractivity contribution in [2.75, 3.05) is 17.2 Å². The van der Waals surface area contributed by atoms with Crippen molar-refractivity contribution in [3.8, 4) is 0 Å². The molecule has 0 spiro atoms. The monoisotopic (exact) mass is 429 g/mol. The molecule has 1 saturated carbocycles. The minimum Gasteiger partial charge on any atom is -0.475 e. The van der Waals surface area contributed by atoms with Gasteiger partial charge in [-0.3, -0.25) is 4.79 Å². The molecule has 1 aromatic heterocycles. The van der Waals surface area contributed by atoms with Gasteiger partial charge in [0.1, 0.15) is 11.6 Å². The van der Waals surface area contributed by atoms with E-state index in [0.29, 0.717) is 29.9 Å². The second kappa shape index (κ2) is 9.85. The number of nitrogens with zero attached hydrogens (tertiary/aromatic N) is 2. The number of hydrogen-bond acceptors (Lipinski definition) is 6. The van der Waals surface area contributed by atoms with E-state index in [1.54, 1.807) is 18.3 Å². The fourth-order valence-corrected chi connectivity index (χ4v) is 2.29. The van der Waals surface area contributed by atoms with E-state index in [1.807, 2.05) is 0 Å². The van der Waals surface area contributed by atoms with E-state index >= 15 is 0 Å². The highest BCUT2D eigenvalue weighted by Crippen LogP contribution is 2.42. The van der Waals surface area contributed by atoms with E-state index in [9.17, 15) is 22.4 Å². The second-order valence-corrected chi connectivity index (χ2v) is 6.35. The smallest absolute Gasteiger partial charge is 0.475 e. The third kappa shape index (κ3) is 7.53. The van der Waals surface area contributed by atoms with Gasteiger partial charge in [0.05, 0.1) is 0 Å². The maximum atomic E-state index is 13.2. The molecule has 1 aliphatic carbocycles. The van der Waals surface area contributed by atoms with Gasteiger partial charge in [0.25, 0.3) is 0 Å². The Morgan fingerprint density at radius 2 is 1.93 bits per heavy atom. The summed E-state index contributed by atoms with van der Waals surface area (Å²) in [6.07, 6.45) is -0.839. The number of benzene rings is 1. The molecule has 1 aromatic carbocycles. The number of carboxylic acids is 1. The number of hydrogen-bond donors (Lipinski definition) is 4. The van der Waals surface area contributed by atoms with E-state index in [-0.39, 0.29) is 18.1 Å². The number of carboxylic acid groups (broad SMARTS) is 1. The Bertz CT molecular complexity index is 904. The molecule has 5 N–H and O–H groups in total. The van der Waals surface area contributed by atoms with Gasteiger partial charge in [-0.1, -0.05) is 6.07 Å². The molecule has 0 bridgehead atoms. The number of nitrogens with one attached hydrogen (secondary N) is 2. The van der Waals surface area contributed by atoms with E-state index in [4.69, 9.17) is 15.6 Å². The number of rotatable bonds is 7. The number of halogens is 4. The van der Waals surface area contributed by atoms with Crippen LogP contribution in [0.15, 0.2) is 30.5 Å². The molecule has 3 rings (SSSR count). The number of nitrogens with two attached hydrogens (primary N) is 1. The quantitative estimate of drug-likeness (QED) is 0.498. The number of aliphatic carboxylic acids is 1. The highest BCUT2D eigenvalue weighted by molar-refractivity contribution is 5.74. The van der Waals surface area contributed by atoms with E-state index in [2.05, 4.69) is 20.6 Å². The molecule has 30 heavy (non-hydrogen) atoms. The van der Waals surface area contributed by atoms with Crippen molar-refractivity contribution in [1.82, 2.24) is 9.97 Å². The van der Waals surface area contributed by atoms with Gasteiger partial charge < -0.3 is 21.5 Å². The molecule has 1 heterocycles. The van der Waals surface area contributed by atoms with Crippen LogP contribution in [0.1, 0.15) is 30.7 Å². The van der Waals surface area contributed by atoms with Crippen LogP contribution in [-0.4, -0.2) is 39.7 Å². The topological polar surface area (TPSA) is 130 Å². The van der Waals surface area contributed by atoms with Crippen LogP contribution in [0.25, 0.3) is 0 Å². The Morgan fingerprint density at radius 1 is 1.27 bits per heavy atom. The highest BCUT2D eigenvalue weighted by atomic mass is 19.4. The van der Waals surface area contributed by atoms with Crippen LogP contribution in [0, 0.1) is 5.82 Å². The van der Waals surface area contributed by atoms with E-state index in [1.165, 1.54) is 12.1 Å². The fraction of sp³-hybridized carbons (Fsp3) is 0.333. The number of alkyl halides is 3. The zero-order valence-electron chi connectivity index (χ0n) is 15.5. The molecular weight excluding hydrogens is 410 g/mol.